The number of allylic oxidation sites excluding steroid dienone is 1. The van der Waals surface area contributed by atoms with E-state index >= 15 is 0 Å². The van der Waals surface area contributed by atoms with Crippen molar-refractivity contribution in [1.29, 1.82) is 0 Å². The third kappa shape index (κ3) is 5.13. The number of ether oxygens (including phenoxy) is 1. The summed E-state index contributed by atoms with van der Waals surface area (Å²) < 4.78 is 38.1. The Kier molecular flexibility index (Phi) is 7.16. The number of benzene rings is 2. The van der Waals surface area contributed by atoms with Crippen LogP contribution in [0.3, 0.4) is 0 Å². The van der Waals surface area contributed by atoms with Gasteiger partial charge in [-0.05, 0) is 74.0 Å². The molecule has 0 bridgehead atoms. The van der Waals surface area contributed by atoms with Crippen LogP contribution in [0, 0.1) is 6.92 Å². The lowest BCUT2D eigenvalue weighted by atomic mass is 10.1. The number of nitrogens with zero attached hydrogens (tertiary/aromatic N) is 1. The molecule has 0 saturated heterocycles. The molecule has 2 heterocycles. The Morgan fingerprint density at radius 2 is 1.83 bits per heavy atom. The predicted molar refractivity (Wildman–Crippen MR) is 136 cm³/mol. The van der Waals surface area contributed by atoms with Crippen LogP contribution in [0.15, 0.2) is 86.8 Å². The molecule has 1 aliphatic rings. The summed E-state index contributed by atoms with van der Waals surface area (Å²) in [5, 5.41) is 0.427. The van der Waals surface area contributed by atoms with E-state index in [9.17, 15) is 18.0 Å². The molecule has 0 fully saturated rings. The van der Waals surface area contributed by atoms with Crippen LogP contribution in [-0.4, -0.2) is 27.4 Å². The summed E-state index contributed by atoms with van der Waals surface area (Å²) in [5.74, 6) is -0.454. The first-order valence-electron chi connectivity index (χ1n) is 10.9. The zero-order chi connectivity index (χ0) is 26.0. The first-order chi connectivity index (χ1) is 17.1. The van der Waals surface area contributed by atoms with Gasteiger partial charge in [-0.2, -0.15) is 0 Å². The van der Waals surface area contributed by atoms with Crippen molar-refractivity contribution >= 4 is 45.3 Å². The van der Waals surface area contributed by atoms with E-state index in [0.29, 0.717) is 22.2 Å². The van der Waals surface area contributed by atoms with Crippen LogP contribution in [0.5, 0.6) is 0 Å². The normalized spacial score (nSPS) is 15.2. The molecule has 0 unspecified atom stereocenters. The highest BCUT2D eigenvalue weighted by Crippen LogP contribution is 2.35. The molecular weight excluding hydrogens is 504 g/mol. The monoisotopic (exact) mass is 526 g/mol. The zero-order valence-corrected chi connectivity index (χ0v) is 21.3. The predicted octanol–water partition coefficient (Wildman–Crippen LogP) is 4.60. The maximum Gasteiger partial charge on any atom is 0.340 e. The Bertz CT molecular complexity index is 1500. The van der Waals surface area contributed by atoms with E-state index in [0.717, 1.165) is 5.56 Å². The third-order valence-electron chi connectivity index (χ3n) is 5.58. The van der Waals surface area contributed by atoms with Gasteiger partial charge in [0.05, 0.1) is 29.7 Å². The number of halogens is 1. The van der Waals surface area contributed by atoms with Gasteiger partial charge in [0.15, 0.2) is 0 Å². The van der Waals surface area contributed by atoms with Crippen molar-refractivity contribution in [3.63, 3.8) is 0 Å². The second kappa shape index (κ2) is 10.1. The molecule has 1 N–H and O–H groups in total. The van der Waals surface area contributed by atoms with E-state index in [1.807, 2.05) is 25.1 Å². The average molecular weight is 527 g/mol. The standard InChI is InChI=1S/C26H23ClN2O6S/c1-16-5-4-6-19(13-16)29-17(2)24(26(31)34-3)23(25(29)30)14-20-9-10-21(35-20)15-28-36(32,33)22-11-7-18(27)8-12-22/h4-14,28H,15H2,1-3H3/b23-14+. The van der Waals surface area contributed by atoms with Crippen LogP contribution in [0.4, 0.5) is 5.69 Å². The fourth-order valence-corrected chi connectivity index (χ4v) is 4.95. The number of aryl methyl sites for hydroxylation is 1. The van der Waals surface area contributed by atoms with Crippen molar-refractivity contribution in [1.82, 2.24) is 4.72 Å². The highest BCUT2D eigenvalue weighted by Gasteiger charge is 2.38. The topological polar surface area (TPSA) is 106 Å². The molecule has 3 aromatic rings. The number of amides is 1. The second-order valence-electron chi connectivity index (χ2n) is 8.07. The number of hydrogen-bond donors (Lipinski definition) is 1. The molecule has 0 spiro atoms. The number of anilines is 1. The molecule has 2 aromatic carbocycles. The minimum atomic E-state index is -3.78. The Morgan fingerprint density at radius 1 is 1.11 bits per heavy atom. The van der Waals surface area contributed by atoms with Gasteiger partial charge in [0.1, 0.15) is 11.5 Å². The fraction of sp³-hybridized carbons (Fsp3) is 0.154. The highest BCUT2D eigenvalue weighted by molar-refractivity contribution is 7.89. The molecule has 10 heteroatoms. The van der Waals surface area contributed by atoms with Crippen molar-refractivity contribution in [2.75, 3.05) is 12.0 Å². The van der Waals surface area contributed by atoms with Crippen molar-refractivity contribution in [2.24, 2.45) is 0 Å². The summed E-state index contributed by atoms with van der Waals surface area (Å²) in [6.07, 6.45) is 1.45. The number of hydrogen-bond acceptors (Lipinski definition) is 6. The first kappa shape index (κ1) is 25.4. The minimum absolute atomic E-state index is 0.0666. The van der Waals surface area contributed by atoms with Gasteiger partial charge >= 0.3 is 5.97 Å². The molecule has 0 aliphatic carbocycles. The van der Waals surface area contributed by atoms with E-state index < -0.39 is 21.9 Å². The average Bonchev–Trinajstić information content (AvgIpc) is 3.39. The lowest BCUT2D eigenvalue weighted by Crippen LogP contribution is -2.24. The molecule has 186 valence electrons. The third-order valence-corrected chi connectivity index (χ3v) is 7.25. The quantitative estimate of drug-likeness (QED) is 0.356. The number of sulfonamides is 1. The number of carbonyl (C=O) groups excluding carboxylic acids is 2. The lowest BCUT2D eigenvalue weighted by Gasteiger charge is -2.18. The maximum absolute atomic E-state index is 13.4. The second-order valence-corrected chi connectivity index (χ2v) is 10.3. The molecule has 8 nitrogen and oxygen atoms in total. The van der Waals surface area contributed by atoms with Crippen LogP contribution in [-0.2, 0) is 30.9 Å². The summed E-state index contributed by atoms with van der Waals surface area (Å²) in [6, 6.07) is 16.3. The minimum Gasteiger partial charge on any atom is -0.465 e. The van der Waals surface area contributed by atoms with E-state index in [4.69, 9.17) is 20.8 Å². The largest absolute Gasteiger partial charge is 0.465 e. The number of nitrogens with one attached hydrogen (secondary N) is 1. The molecule has 36 heavy (non-hydrogen) atoms. The van der Waals surface area contributed by atoms with Gasteiger partial charge in [-0.3, -0.25) is 9.69 Å². The zero-order valence-electron chi connectivity index (χ0n) is 19.7. The van der Waals surface area contributed by atoms with Crippen LogP contribution in [0.2, 0.25) is 5.02 Å². The molecule has 0 atom stereocenters. The van der Waals surface area contributed by atoms with E-state index in [2.05, 4.69) is 4.72 Å². The molecule has 1 amide bonds. The Hall–Kier alpha value is -3.66. The van der Waals surface area contributed by atoms with Crippen LogP contribution >= 0.6 is 11.6 Å². The van der Waals surface area contributed by atoms with Gasteiger partial charge in [0, 0.05) is 16.4 Å². The van der Waals surface area contributed by atoms with Crippen molar-refractivity contribution in [3.8, 4) is 0 Å². The summed E-state index contributed by atoms with van der Waals surface area (Å²) in [7, 11) is -2.53. The van der Waals surface area contributed by atoms with Gasteiger partial charge in [-0.15, -0.1) is 0 Å². The number of methoxy groups -OCH3 is 1. The fourth-order valence-electron chi connectivity index (χ4n) is 3.83. The van der Waals surface area contributed by atoms with Gasteiger partial charge in [-0.25, -0.2) is 17.9 Å². The Balaban J connectivity index is 1.60. The molecule has 4 rings (SSSR count). The molecular formula is C26H23ClN2O6S. The lowest BCUT2D eigenvalue weighted by molar-refractivity contribution is -0.136. The molecule has 0 radical (unpaired) electrons. The smallest absolute Gasteiger partial charge is 0.340 e. The van der Waals surface area contributed by atoms with E-state index in [1.165, 1.54) is 42.4 Å². The summed E-state index contributed by atoms with van der Waals surface area (Å²) in [6.45, 7) is 3.47. The summed E-state index contributed by atoms with van der Waals surface area (Å²) >= 11 is 5.82. The Morgan fingerprint density at radius 3 is 2.50 bits per heavy atom. The van der Waals surface area contributed by atoms with Crippen LogP contribution in [0.1, 0.15) is 24.0 Å². The van der Waals surface area contributed by atoms with Crippen molar-refractivity contribution in [2.45, 2.75) is 25.3 Å². The van der Waals surface area contributed by atoms with Gasteiger partial charge in [0.2, 0.25) is 10.0 Å². The van der Waals surface area contributed by atoms with Crippen LogP contribution in [0.25, 0.3) is 6.08 Å². The van der Waals surface area contributed by atoms with Gasteiger partial charge < -0.3 is 9.15 Å². The molecule has 1 aromatic heterocycles. The molecule has 0 saturated carbocycles. The molecule has 1 aliphatic heterocycles. The number of carbonyl (C=O) groups is 2. The first-order valence-corrected chi connectivity index (χ1v) is 12.7. The van der Waals surface area contributed by atoms with Crippen molar-refractivity contribution in [3.05, 3.63) is 99.6 Å². The number of rotatable bonds is 7. The van der Waals surface area contributed by atoms with E-state index in [1.54, 1.807) is 25.1 Å². The SMILES string of the molecule is COC(=O)C1=C(C)N(c2cccc(C)c2)C(=O)/C1=C/c1ccc(CNS(=O)(=O)c2ccc(Cl)cc2)o1. The summed E-state index contributed by atoms with van der Waals surface area (Å²) in [5.41, 5.74) is 2.26. The summed E-state index contributed by atoms with van der Waals surface area (Å²) in [4.78, 5) is 27.5. The van der Waals surface area contributed by atoms with Crippen molar-refractivity contribution < 1.29 is 27.2 Å². The van der Waals surface area contributed by atoms with E-state index in [-0.39, 0.29) is 28.3 Å². The number of furan rings is 1. The maximum atomic E-state index is 13.4. The Labute approximate surface area is 213 Å². The van der Waals surface area contributed by atoms with Gasteiger partial charge in [-0.1, -0.05) is 23.7 Å². The van der Waals surface area contributed by atoms with Gasteiger partial charge in [0.25, 0.3) is 5.91 Å². The highest BCUT2D eigenvalue weighted by atomic mass is 35.5. The number of esters is 1. The van der Waals surface area contributed by atoms with Crippen LogP contribution < -0.4 is 9.62 Å².